The van der Waals surface area contributed by atoms with E-state index < -0.39 is 0 Å². The molecule has 0 bridgehead atoms. The lowest BCUT2D eigenvalue weighted by Gasteiger charge is -2.43. The van der Waals surface area contributed by atoms with Crippen LogP contribution < -0.4 is 4.90 Å². The van der Waals surface area contributed by atoms with Crippen molar-refractivity contribution in [3.05, 3.63) is 16.2 Å². The molecule has 0 aromatic carbocycles. The SMILES string of the molecule is Cc1cc2c(N3CC(C)N(C)C(C)C3)nc(Cl)nc2s1. The number of rotatable bonds is 1. The molecule has 0 saturated carbocycles. The maximum atomic E-state index is 6.10. The van der Waals surface area contributed by atoms with E-state index in [0.29, 0.717) is 17.4 Å². The van der Waals surface area contributed by atoms with Gasteiger partial charge in [0.1, 0.15) is 10.6 Å². The third-order valence-electron chi connectivity index (χ3n) is 4.13. The molecule has 3 heterocycles. The number of aromatic nitrogens is 2. The fourth-order valence-corrected chi connectivity index (χ4v) is 3.91. The fraction of sp³-hybridized carbons (Fsp3) is 0.571. The Morgan fingerprint density at radius 3 is 2.55 bits per heavy atom. The Morgan fingerprint density at radius 2 is 1.90 bits per heavy atom. The van der Waals surface area contributed by atoms with E-state index in [0.717, 1.165) is 29.1 Å². The van der Waals surface area contributed by atoms with Crippen molar-refractivity contribution in [3.63, 3.8) is 0 Å². The lowest BCUT2D eigenvalue weighted by molar-refractivity contribution is 0.170. The van der Waals surface area contributed by atoms with Gasteiger partial charge in [-0.1, -0.05) is 0 Å². The quantitative estimate of drug-likeness (QED) is 0.757. The van der Waals surface area contributed by atoms with E-state index >= 15 is 0 Å². The second-order valence-electron chi connectivity index (χ2n) is 5.66. The van der Waals surface area contributed by atoms with Gasteiger partial charge in [-0.3, -0.25) is 4.90 Å². The predicted molar refractivity (Wildman–Crippen MR) is 86.1 cm³/mol. The summed E-state index contributed by atoms with van der Waals surface area (Å²) in [7, 11) is 2.18. The first-order valence-corrected chi connectivity index (χ1v) is 8.05. The number of anilines is 1. The summed E-state index contributed by atoms with van der Waals surface area (Å²) in [6.07, 6.45) is 0. The molecule has 0 aliphatic carbocycles. The molecule has 1 saturated heterocycles. The minimum Gasteiger partial charge on any atom is -0.353 e. The van der Waals surface area contributed by atoms with Crippen molar-refractivity contribution in [2.24, 2.45) is 0 Å². The second-order valence-corrected chi connectivity index (χ2v) is 7.23. The molecular formula is C14H19ClN4S. The zero-order chi connectivity index (χ0) is 14.4. The van der Waals surface area contributed by atoms with Gasteiger partial charge in [0.25, 0.3) is 0 Å². The van der Waals surface area contributed by atoms with Gasteiger partial charge in [-0.2, -0.15) is 4.98 Å². The molecule has 1 fully saturated rings. The first-order valence-electron chi connectivity index (χ1n) is 6.86. The highest BCUT2D eigenvalue weighted by Crippen LogP contribution is 2.33. The van der Waals surface area contributed by atoms with Crippen molar-refractivity contribution in [1.82, 2.24) is 14.9 Å². The summed E-state index contributed by atoms with van der Waals surface area (Å²) < 4.78 is 0. The van der Waals surface area contributed by atoms with Crippen molar-refractivity contribution in [3.8, 4) is 0 Å². The molecule has 2 atom stereocenters. The van der Waals surface area contributed by atoms with Gasteiger partial charge in [-0.05, 0) is 45.5 Å². The highest BCUT2D eigenvalue weighted by atomic mass is 35.5. The lowest BCUT2D eigenvalue weighted by atomic mass is 10.1. The lowest BCUT2D eigenvalue weighted by Crippen LogP contribution is -2.55. The number of nitrogens with zero attached hydrogens (tertiary/aromatic N) is 4. The molecule has 3 rings (SSSR count). The fourth-order valence-electron chi connectivity index (χ4n) is 2.82. The van der Waals surface area contributed by atoms with Crippen LogP contribution in [0.5, 0.6) is 0 Å². The summed E-state index contributed by atoms with van der Waals surface area (Å²) in [5.74, 6) is 0.983. The number of fused-ring (bicyclic) bond motifs is 1. The Balaban J connectivity index is 2.05. The van der Waals surface area contributed by atoms with Crippen LogP contribution in [0.25, 0.3) is 10.2 Å². The summed E-state index contributed by atoms with van der Waals surface area (Å²) >= 11 is 7.78. The Kier molecular flexibility index (Phi) is 3.60. The van der Waals surface area contributed by atoms with Crippen LogP contribution in [-0.2, 0) is 0 Å². The van der Waals surface area contributed by atoms with Crippen molar-refractivity contribution in [2.45, 2.75) is 32.9 Å². The zero-order valence-electron chi connectivity index (χ0n) is 12.2. The van der Waals surface area contributed by atoms with Crippen LogP contribution in [0, 0.1) is 6.92 Å². The van der Waals surface area contributed by atoms with Crippen LogP contribution in [0.1, 0.15) is 18.7 Å². The number of hydrogen-bond acceptors (Lipinski definition) is 5. The molecule has 0 radical (unpaired) electrons. The number of likely N-dealkylation sites (N-methyl/N-ethyl adjacent to an activating group) is 1. The van der Waals surface area contributed by atoms with E-state index in [1.807, 2.05) is 0 Å². The van der Waals surface area contributed by atoms with Crippen LogP contribution >= 0.6 is 22.9 Å². The van der Waals surface area contributed by atoms with E-state index in [-0.39, 0.29) is 0 Å². The molecule has 1 aliphatic heterocycles. The molecule has 0 N–H and O–H groups in total. The van der Waals surface area contributed by atoms with Gasteiger partial charge >= 0.3 is 0 Å². The molecule has 2 aromatic heterocycles. The van der Waals surface area contributed by atoms with Crippen molar-refractivity contribution >= 4 is 39.0 Å². The van der Waals surface area contributed by atoms with Gasteiger partial charge in [-0.15, -0.1) is 11.3 Å². The number of thiophene rings is 1. The Bertz CT molecular complexity index is 629. The summed E-state index contributed by atoms with van der Waals surface area (Å²) in [4.78, 5) is 15.8. The largest absolute Gasteiger partial charge is 0.353 e. The van der Waals surface area contributed by atoms with Crippen LogP contribution in [0.2, 0.25) is 5.28 Å². The number of aryl methyl sites for hydroxylation is 1. The Morgan fingerprint density at radius 1 is 1.25 bits per heavy atom. The van der Waals surface area contributed by atoms with Gasteiger partial charge < -0.3 is 4.90 Å². The third kappa shape index (κ3) is 2.38. The first kappa shape index (κ1) is 14.0. The zero-order valence-corrected chi connectivity index (χ0v) is 13.8. The van der Waals surface area contributed by atoms with E-state index in [9.17, 15) is 0 Å². The minimum absolute atomic E-state index is 0.341. The molecule has 2 aromatic rings. The number of piperazine rings is 1. The molecule has 2 unspecified atom stereocenters. The number of hydrogen-bond donors (Lipinski definition) is 0. The molecule has 20 heavy (non-hydrogen) atoms. The van der Waals surface area contributed by atoms with Crippen LogP contribution in [0.15, 0.2) is 6.07 Å². The molecule has 6 heteroatoms. The van der Waals surface area contributed by atoms with Crippen LogP contribution in [-0.4, -0.2) is 47.1 Å². The molecular weight excluding hydrogens is 292 g/mol. The Labute approximate surface area is 128 Å². The highest BCUT2D eigenvalue weighted by molar-refractivity contribution is 7.18. The third-order valence-corrected chi connectivity index (χ3v) is 5.24. The van der Waals surface area contributed by atoms with Crippen molar-refractivity contribution < 1.29 is 0 Å². The summed E-state index contributed by atoms with van der Waals surface area (Å²) in [6.45, 7) is 8.54. The molecule has 108 valence electrons. The topological polar surface area (TPSA) is 32.3 Å². The average molecular weight is 311 g/mol. The molecule has 4 nitrogen and oxygen atoms in total. The van der Waals surface area contributed by atoms with E-state index in [2.05, 4.69) is 53.7 Å². The monoisotopic (exact) mass is 310 g/mol. The summed E-state index contributed by atoms with van der Waals surface area (Å²) in [5.41, 5.74) is 0. The van der Waals surface area contributed by atoms with E-state index in [1.165, 1.54) is 4.88 Å². The highest BCUT2D eigenvalue weighted by Gasteiger charge is 2.28. The molecule has 1 aliphatic rings. The standard InChI is InChI=1S/C14H19ClN4S/c1-8-6-19(7-9(2)18(8)4)12-11-5-10(3)20-13(11)17-14(15)16-12/h5,8-9H,6-7H2,1-4H3. The van der Waals surface area contributed by atoms with Gasteiger partial charge in [0.05, 0.1) is 5.39 Å². The van der Waals surface area contributed by atoms with Crippen molar-refractivity contribution in [2.75, 3.05) is 25.0 Å². The Hall–Kier alpha value is -0.910. The van der Waals surface area contributed by atoms with E-state index in [4.69, 9.17) is 11.6 Å². The maximum absolute atomic E-state index is 6.10. The summed E-state index contributed by atoms with van der Waals surface area (Å²) in [5, 5.41) is 1.47. The smallest absolute Gasteiger partial charge is 0.225 e. The van der Waals surface area contributed by atoms with Crippen LogP contribution in [0.3, 0.4) is 0 Å². The second kappa shape index (κ2) is 5.13. The minimum atomic E-state index is 0.341. The van der Waals surface area contributed by atoms with Gasteiger partial charge in [-0.25, -0.2) is 4.98 Å². The van der Waals surface area contributed by atoms with Gasteiger partial charge in [0.2, 0.25) is 5.28 Å². The first-order chi connectivity index (χ1) is 9.45. The van der Waals surface area contributed by atoms with Gasteiger partial charge in [0, 0.05) is 30.1 Å². The van der Waals surface area contributed by atoms with Gasteiger partial charge in [0.15, 0.2) is 0 Å². The summed E-state index contributed by atoms with van der Waals surface area (Å²) in [6, 6.07) is 3.17. The van der Waals surface area contributed by atoms with Crippen molar-refractivity contribution in [1.29, 1.82) is 0 Å². The normalized spacial score (nSPS) is 24.6. The average Bonchev–Trinajstić information content (AvgIpc) is 2.74. The van der Waals surface area contributed by atoms with Crippen LogP contribution in [0.4, 0.5) is 5.82 Å². The van der Waals surface area contributed by atoms with E-state index in [1.54, 1.807) is 11.3 Å². The maximum Gasteiger partial charge on any atom is 0.225 e. The predicted octanol–water partition coefficient (Wildman–Crippen LogP) is 3.18. The number of halogens is 1. The molecule has 0 amide bonds. The molecule has 0 spiro atoms.